The molecule has 132 valence electrons. The number of anilines is 1. The highest BCUT2D eigenvalue weighted by molar-refractivity contribution is 5.96. The van der Waals surface area contributed by atoms with E-state index in [-0.39, 0.29) is 30.0 Å². The van der Waals surface area contributed by atoms with Crippen LogP contribution in [0.15, 0.2) is 18.2 Å². The molecule has 2 amide bonds. The Bertz CT molecular complexity index is 620. The second-order valence-electron chi connectivity index (χ2n) is 6.72. The van der Waals surface area contributed by atoms with Crippen LogP contribution in [0.5, 0.6) is 0 Å². The average molecular weight is 336 g/mol. The third-order valence-corrected chi connectivity index (χ3v) is 2.97. The zero-order valence-electron chi connectivity index (χ0n) is 14.4. The highest BCUT2D eigenvalue weighted by Gasteiger charge is 2.16. The van der Waals surface area contributed by atoms with Gasteiger partial charge in [0.25, 0.3) is 0 Å². The van der Waals surface area contributed by atoms with Gasteiger partial charge in [0.15, 0.2) is 0 Å². The zero-order valence-corrected chi connectivity index (χ0v) is 14.4. The predicted octanol–water partition coefficient (Wildman–Crippen LogP) is 2.02. The SMILES string of the molecule is COCc1cc(NC(=O)CNC(=O)CC(C)(C)C)cc(C(=O)O)c1. The molecule has 0 bridgehead atoms. The van der Waals surface area contributed by atoms with Gasteiger partial charge in [-0.1, -0.05) is 20.8 Å². The molecule has 7 heteroatoms. The number of hydrogen-bond acceptors (Lipinski definition) is 4. The predicted molar refractivity (Wildman–Crippen MR) is 89.8 cm³/mol. The Kier molecular flexibility index (Phi) is 6.91. The average Bonchev–Trinajstić information content (AvgIpc) is 2.43. The van der Waals surface area contributed by atoms with Crippen LogP contribution in [0.1, 0.15) is 43.1 Å². The van der Waals surface area contributed by atoms with E-state index >= 15 is 0 Å². The fraction of sp³-hybridized carbons (Fsp3) is 0.471. The number of nitrogens with one attached hydrogen (secondary N) is 2. The Hall–Kier alpha value is -2.41. The number of amides is 2. The monoisotopic (exact) mass is 336 g/mol. The molecule has 7 nitrogen and oxygen atoms in total. The number of ether oxygens (including phenoxy) is 1. The smallest absolute Gasteiger partial charge is 0.335 e. The highest BCUT2D eigenvalue weighted by Crippen LogP contribution is 2.18. The molecule has 0 aliphatic rings. The third kappa shape index (κ3) is 7.23. The quantitative estimate of drug-likeness (QED) is 0.706. The number of carboxylic acids is 1. The van der Waals surface area contributed by atoms with E-state index in [2.05, 4.69) is 10.6 Å². The van der Waals surface area contributed by atoms with Gasteiger partial charge in [0.05, 0.1) is 18.7 Å². The molecule has 1 aromatic carbocycles. The molecular weight excluding hydrogens is 312 g/mol. The summed E-state index contributed by atoms with van der Waals surface area (Å²) >= 11 is 0. The summed E-state index contributed by atoms with van der Waals surface area (Å²) in [7, 11) is 1.50. The van der Waals surface area contributed by atoms with E-state index in [1.165, 1.54) is 19.2 Å². The first kappa shape index (κ1) is 19.6. The summed E-state index contributed by atoms with van der Waals surface area (Å²) in [6, 6.07) is 4.47. The third-order valence-electron chi connectivity index (χ3n) is 2.97. The number of carboxylic acid groups (broad SMARTS) is 1. The minimum atomic E-state index is -1.10. The fourth-order valence-corrected chi connectivity index (χ4v) is 2.07. The summed E-state index contributed by atoms with van der Waals surface area (Å²) in [6.07, 6.45) is 0.312. The maximum Gasteiger partial charge on any atom is 0.335 e. The van der Waals surface area contributed by atoms with Crippen LogP contribution in [0.25, 0.3) is 0 Å². The van der Waals surface area contributed by atoms with Crippen LogP contribution in [0.4, 0.5) is 5.69 Å². The van der Waals surface area contributed by atoms with Gasteiger partial charge < -0.3 is 20.5 Å². The fourth-order valence-electron chi connectivity index (χ4n) is 2.07. The molecule has 0 aromatic heterocycles. The van der Waals surface area contributed by atoms with Crippen molar-refractivity contribution in [1.82, 2.24) is 5.32 Å². The lowest BCUT2D eigenvalue weighted by molar-refractivity contribution is -0.125. The summed E-state index contributed by atoms with van der Waals surface area (Å²) < 4.78 is 4.99. The molecule has 0 saturated carbocycles. The van der Waals surface area contributed by atoms with Crippen LogP contribution in [-0.2, 0) is 20.9 Å². The molecule has 1 aromatic rings. The molecule has 0 unspecified atom stereocenters. The number of carbonyl (C=O) groups is 3. The van der Waals surface area contributed by atoms with Crippen molar-refractivity contribution in [2.75, 3.05) is 19.0 Å². The topological polar surface area (TPSA) is 105 Å². The second-order valence-corrected chi connectivity index (χ2v) is 6.72. The first-order chi connectivity index (χ1) is 11.1. The molecule has 0 radical (unpaired) electrons. The van der Waals surface area contributed by atoms with Gasteiger partial charge in [0.2, 0.25) is 11.8 Å². The lowest BCUT2D eigenvalue weighted by Crippen LogP contribution is -2.34. The van der Waals surface area contributed by atoms with Crippen molar-refractivity contribution in [3.63, 3.8) is 0 Å². The number of rotatable bonds is 7. The van der Waals surface area contributed by atoms with Crippen molar-refractivity contribution in [3.05, 3.63) is 29.3 Å². The van der Waals surface area contributed by atoms with Crippen LogP contribution in [0.3, 0.4) is 0 Å². The maximum atomic E-state index is 11.9. The standard InChI is InChI=1S/C17H24N2O5/c1-17(2,3)8-14(20)18-9-15(21)19-13-6-11(10-24-4)5-12(7-13)16(22)23/h5-7H,8-10H2,1-4H3,(H,18,20)(H,19,21)(H,22,23). The Morgan fingerprint density at radius 2 is 1.79 bits per heavy atom. The first-order valence-electron chi connectivity index (χ1n) is 7.53. The molecule has 0 aliphatic heterocycles. The van der Waals surface area contributed by atoms with E-state index in [0.717, 1.165) is 0 Å². The Morgan fingerprint density at radius 3 is 2.33 bits per heavy atom. The molecule has 0 aliphatic carbocycles. The van der Waals surface area contributed by atoms with E-state index in [1.807, 2.05) is 20.8 Å². The van der Waals surface area contributed by atoms with Gasteiger partial charge in [-0.15, -0.1) is 0 Å². The van der Waals surface area contributed by atoms with Gasteiger partial charge in [-0.05, 0) is 29.2 Å². The normalized spacial score (nSPS) is 11.0. The van der Waals surface area contributed by atoms with E-state index < -0.39 is 11.9 Å². The minimum Gasteiger partial charge on any atom is -0.478 e. The maximum absolute atomic E-state index is 11.9. The minimum absolute atomic E-state index is 0.0524. The molecule has 0 saturated heterocycles. The summed E-state index contributed by atoms with van der Waals surface area (Å²) in [5.41, 5.74) is 0.865. The molecule has 0 spiro atoms. The Labute approximate surface area is 141 Å². The first-order valence-corrected chi connectivity index (χ1v) is 7.53. The van der Waals surface area contributed by atoms with Crippen molar-refractivity contribution >= 4 is 23.5 Å². The van der Waals surface area contributed by atoms with Crippen LogP contribution in [-0.4, -0.2) is 36.5 Å². The number of aromatic carboxylic acids is 1. The van der Waals surface area contributed by atoms with Gasteiger partial charge in [0, 0.05) is 19.2 Å². The highest BCUT2D eigenvalue weighted by atomic mass is 16.5. The second kappa shape index (κ2) is 8.44. The Morgan fingerprint density at radius 1 is 1.12 bits per heavy atom. The van der Waals surface area contributed by atoms with E-state index in [9.17, 15) is 14.4 Å². The number of hydrogen-bond donors (Lipinski definition) is 3. The number of benzene rings is 1. The van der Waals surface area contributed by atoms with Gasteiger partial charge in [-0.3, -0.25) is 9.59 Å². The van der Waals surface area contributed by atoms with E-state index in [0.29, 0.717) is 17.7 Å². The summed E-state index contributed by atoms with van der Waals surface area (Å²) in [5.74, 6) is -1.73. The van der Waals surface area contributed by atoms with Gasteiger partial charge in [-0.25, -0.2) is 4.79 Å². The summed E-state index contributed by atoms with van der Waals surface area (Å²) in [6.45, 7) is 5.85. The van der Waals surface area contributed by atoms with Gasteiger partial charge in [-0.2, -0.15) is 0 Å². The molecule has 0 heterocycles. The van der Waals surface area contributed by atoms with Crippen LogP contribution < -0.4 is 10.6 Å². The molecule has 0 atom stereocenters. The summed E-state index contributed by atoms with van der Waals surface area (Å²) in [4.78, 5) is 34.8. The summed E-state index contributed by atoms with van der Waals surface area (Å²) in [5, 5.41) is 14.2. The van der Waals surface area contributed by atoms with Crippen LogP contribution in [0, 0.1) is 5.41 Å². The van der Waals surface area contributed by atoms with Crippen molar-refractivity contribution in [2.45, 2.75) is 33.8 Å². The van der Waals surface area contributed by atoms with Crippen LogP contribution in [0.2, 0.25) is 0 Å². The Balaban J connectivity index is 2.69. The van der Waals surface area contributed by atoms with Crippen molar-refractivity contribution in [1.29, 1.82) is 0 Å². The molecule has 24 heavy (non-hydrogen) atoms. The van der Waals surface area contributed by atoms with Crippen molar-refractivity contribution < 1.29 is 24.2 Å². The van der Waals surface area contributed by atoms with Crippen molar-refractivity contribution in [2.24, 2.45) is 5.41 Å². The molecule has 1 rings (SSSR count). The van der Waals surface area contributed by atoms with Crippen molar-refractivity contribution in [3.8, 4) is 0 Å². The molecular formula is C17H24N2O5. The number of methoxy groups -OCH3 is 1. The van der Waals surface area contributed by atoms with E-state index in [4.69, 9.17) is 9.84 Å². The molecule has 0 fully saturated rings. The lowest BCUT2D eigenvalue weighted by Gasteiger charge is -2.17. The van der Waals surface area contributed by atoms with Crippen LogP contribution >= 0.6 is 0 Å². The lowest BCUT2D eigenvalue weighted by atomic mass is 9.92. The van der Waals surface area contributed by atoms with E-state index in [1.54, 1.807) is 6.07 Å². The van der Waals surface area contributed by atoms with Gasteiger partial charge >= 0.3 is 5.97 Å². The zero-order chi connectivity index (χ0) is 18.3. The largest absolute Gasteiger partial charge is 0.478 e. The molecule has 3 N–H and O–H groups in total. The van der Waals surface area contributed by atoms with Gasteiger partial charge in [0.1, 0.15) is 0 Å². The number of carbonyl (C=O) groups excluding carboxylic acids is 2.